The summed E-state index contributed by atoms with van der Waals surface area (Å²) >= 11 is 1.58. The highest BCUT2D eigenvalue weighted by atomic mass is 32.1. The average Bonchev–Trinajstić information content (AvgIpc) is 3.10. The molecule has 1 aromatic carbocycles. The summed E-state index contributed by atoms with van der Waals surface area (Å²) in [5.74, 6) is -0.730. The molecule has 0 bridgehead atoms. The zero-order chi connectivity index (χ0) is 14.8. The molecule has 1 atom stereocenters. The van der Waals surface area contributed by atoms with Gasteiger partial charge in [-0.25, -0.2) is 4.79 Å². The molecule has 0 aliphatic rings. The summed E-state index contributed by atoms with van der Waals surface area (Å²) in [4.78, 5) is 25.2. The molecular formula is C15H14N2O3S. The number of hydrogen-bond acceptors (Lipinski definition) is 4. The number of carbonyl (C=O) groups is 1. The van der Waals surface area contributed by atoms with Gasteiger partial charge >= 0.3 is 5.76 Å². The maximum Gasteiger partial charge on any atom is 0.420 e. The van der Waals surface area contributed by atoms with Crippen LogP contribution in [0.2, 0.25) is 0 Å². The number of oxazole rings is 1. The van der Waals surface area contributed by atoms with E-state index in [0.717, 1.165) is 4.88 Å². The van der Waals surface area contributed by atoms with Crippen molar-refractivity contribution in [3.63, 3.8) is 0 Å². The van der Waals surface area contributed by atoms with Crippen LogP contribution in [-0.4, -0.2) is 10.5 Å². The maximum absolute atomic E-state index is 12.2. The number of nitrogens with zero attached hydrogens (tertiary/aromatic N) is 1. The molecule has 2 heterocycles. The molecule has 21 heavy (non-hydrogen) atoms. The minimum atomic E-state index is -0.624. The molecule has 1 unspecified atom stereocenters. The van der Waals surface area contributed by atoms with Crippen LogP contribution in [0.3, 0.4) is 0 Å². The Bertz CT molecular complexity index is 817. The number of fused-ring (bicyclic) bond motifs is 1. The molecule has 0 spiro atoms. The van der Waals surface area contributed by atoms with Crippen LogP contribution >= 0.6 is 11.3 Å². The lowest BCUT2D eigenvalue weighted by Gasteiger charge is -2.12. The van der Waals surface area contributed by atoms with Crippen molar-refractivity contribution >= 4 is 28.3 Å². The molecule has 3 rings (SSSR count). The van der Waals surface area contributed by atoms with Gasteiger partial charge in [0.05, 0.1) is 12.1 Å². The fourth-order valence-corrected chi connectivity index (χ4v) is 2.85. The van der Waals surface area contributed by atoms with Crippen LogP contribution in [0.1, 0.15) is 17.8 Å². The fourth-order valence-electron chi connectivity index (χ4n) is 2.20. The monoisotopic (exact) mass is 302 g/mol. The van der Waals surface area contributed by atoms with Crippen LogP contribution in [-0.2, 0) is 11.3 Å². The lowest BCUT2D eigenvalue weighted by molar-refractivity contribution is -0.124. The molecule has 0 aliphatic carbocycles. The van der Waals surface area contributed by atoms with Crippen LogP contribution in [0.5, 0.6) is 0 Å². The van der Waals surface area contributed by atoms with Crippen molar-refractivity contribution in [3.8, 4) is 0 Å². The molecule has 108 valence electrons. The second-order valence-electron chi connectivity index (χ2n) is 4.68. The van der Waals surface area contributed by atoms with E-state index in [-0.39, 0.29) is 5.91 Å². The third-order valence-electron chi connectivity index (χ3n) is 3.30. The highest BCUT2D eigenvalue weighted by Crippen LogP contribution is 2.17. The van der Waals surface area contributed by atoms with Gasteiger partial charge in [-0.3, -0.25) is 9.36 Å². The van der Waals surface area contributed by atoms with Crippen LogP contribution in [0.4, 0.5) is 0 Å². The van der Waals surface area contributed by atoms with E-state index in [2.05, 4.69) is 5.32 Å². The van der Waals surface area contributed by atoms with Crippen molar-refractivity contribution in [3.05, 3.63) is 57.2 Å². The Kier molecular flexibility index (Phi) is 3.62. The summed E-state index contributed by atoms with van der Waals surface area (Å²) in [6.45, 7) is 2.15. The summed E-state index contributed by atoms with van der Waals surface area (Å²) in [7, 11) is 0. The Balaban J connectivity index is 1.83. The van der Waals surface area contributed by atoms with Gasteiger partial charge in [-0.05, 0) is 30.5 Å². The van der Waals surface area contributed by atoms with Crippen molar-refractivity contribution in [2.75, 3.05) is 0 Å². The first-order chi connectivity index (χ1) is 10.2. The normalized spacial score (nSPS) is 12.4. The van der Waals surface area contributed by atoms with Gasteiger partial charge in [0.15, 0.2) is 5.58 Å². The molecule has 0 radical (unpaired) electrons. The van der Waals surface area contributed by atoms with Crippen LogP contribution in [0.15, 0.2) is 51.0 Å². The number of para-hydroxylation sites is 2. The van der Waals surface area contributed by atoms with E-state index in [1.54, 1.807) is 36.5 Å². The fraction of sp³-hybridized carbons (Fsp3) is 0.200. The number of benzene rings is 1. The SMILES string of the molecule is CC(C(=O)NCc1cccs1)n1c(=O)oc2ccccc21. The number of rotatable bonds is 4. The number of thiophene rings is 1. The van der Waals surface area contributed by atoms with Gasteiger partial charge in [-0.15, -0.1) is 11.3 Å². The highest BCUT2D eigenvalue weighted by Gasteiger charge is 2.20. The summed E-state index contributed by atoms with van der Waals surface area (Å²) in [5, 5.41) is 4.79. The lowest BCUT2D eigenvalue weighted by Crippen LogP contribution is -2.33. The average molecular weight is 302 g/mol. The van der Waals surface area contributed by atoms with Crippen molar-refractivity contribution in [1.82, 2.24) is 9.88 Å². The molecule has 0 saturated heterocycles. The van der Waals surface area contributed by atoms with Gasteiger partial charge in [0.2, 0.25) is 5.91 Å². The van der Waals surface area contributed by atoms with E-state index in [1.165, 1.54) is 4.57 Å². The molecular weight excluding hydrogens is 288 g/mol. The number of carbonyl (C=O) groups excluding carboxylic acids is 1. The van der Waals surface area contributed by atoms with Gasteiger partial charge in [0.1, 0.15) is 6.04 Å². The van der Waals surface area contributed by atoms with E-state index in [1.807, 2.05) is 23.6 Å². The zero-order valence-electron chi connectivity index (χ0n) is 11.4. The minimum Gasteiger partial charge on any atom is -0.408 e. The van der Waals surface area contributed by atoms with E-state index in [4.69, 9.17) is 4.42 Å². The van der Waals surface area contributed by atoms with Gasteiger partial charge < -0.3 is 9.73 Å². The van der Waals surface area contributed by atoms with Gasteiger partial charge in [-0.2, -0.15) is 0 Å². The van der Waals surface area contributed by atoms with Crippen molar-refractivity contribution in [2.24, 2.45) is 0 Å². The predicted molar refractivity (Wildman–Crippen MR) is 81.4 cm³/mol. The Morgan fingerprint density at radius 1 is 1.33 bits per heavy atom. The summed E-state index contributed by atoms with van der Waals surface area (Å²) in [5.41, 5.74) is 1.11. The lowest BCUT2D eigenvalue weighted by atomic mass is 10.2. The van der Waals surface area contributed by atoms with Crippen LogP contribution < -0.4 is 11.1 Å². The Hall–Kier alpha value is -2.34. The quantitative estimate of drug-likeness (QED) is 0.805. The first-order valence-corrected chi connectivity index (χ1v) is 7.45. The maximum atomic E-state index is 12.2. The first-order valence-electron chi connectivity index (χ1n) is 6.57. The number of hydrogen-bond donors (Lipinski definition) is 1. The van der Waals surface area contributed by atoms with Gasteiger partial charge in [0.25, 0.3) is 0 Å². The summed E-state index contributed by atoms with van der Waals surface area (Å²) < 4.78 is 6.52. The first kappa shape index (κ1) is 13.6. The second-order valence-corrected chi connectivity index (χ2v) is 5.71. The standard InChI is InChI=1S/C15H14N2O3S/c1-10(14(18)16-9-11-5-4-8-21-11)17-12-6-2-3-7-13(12)20-15(17)19/h2-8,10H,9H2,1H3,(H,16,18). The molecule has 1 N–H and O–H groups in total. The minimum absolute atomic E-state index is 0.211. The van der Waals surface area contributed by atoms with Crippen LogP contribution in [0.25, 0.3) is 11.1 Å². The Morgan fingerprint density at radius 2 is 2.14 bits per heavy atom. The van der Waals surface area contributed by atoms with Crippen LogP contribution in [0, 0.1) is 0 Å². The Morgan fingerprint density at radius 3 is 2.90 bits per heavy atom. The molecule has 5 nitrogen and oxygen atoms in total. The van der Waals surface area contributed by atoms with E-state index < -0.39 is 11.8 Å². The molecule has 0 aliphatic heterocycles. The molecule has 1 amide bonds. The van der Waals surface area contributed by atoms with E-state index >= 15 is 0 Å². The van der Waals surface area contributed by atoms with Crippen molar-refractivity contribution < 1.29 is 9.21 Å². The van der Waals surface area contributed by atoms with Crippen molar-refractivity contribution in [1.29, 1.82) is 0 Å². The number of nitrogens with one attached hydrogen (secondary N) is 1. The van der Waals surface area contributed by atoms with Gasteiger partial charge in [0, 0.05) is 4.88 Å². The molecule has 2 aromatic heterocycles. The molecule has 6 heteroatoms. The largest absolute Gasteiger partial charge is 0.420 e. The molecule has 0 saturated carbocycles. The van der Waals surface area contributed by atoms with Gasteiger partial charge in [-0.1, -0.05) is 18.2 Å². The number of amides is 1. The third kappa shape index (κ3) is 2.62. The third-order valence-corrected chi connectivity index (χ3v) is 4.18. The topological polar surface area (TPSA) is 64.2 Å². The molecule has 3 aromatic rings. The zero-order valence-corrected chi connectivity index (χ0v) is 12.2. The van der Waals surface area contributed by atoms with E-state index in [0.29, 0.717) is 17.6 Å². The van der Waals surface area contributed by atoms with E-state index in [9.17, 15) is 9.59 Å². The predicted octanol–water partition coefficient (Wildman–Crippen LogP) is 2.53. The summed E-state index contributed by atoms with van der Waals surface area (Å²) in [6.07, 6.45) is 0. The molecule has 0 fully saturated rings. The second kappa shape index (κ2) is 5.57. The Labute approximate surface area is 124 Å². The summed E-state index contributed by atoms with van der Waals surface area (Å²) in [6, 6.07) is 10.3. The van der Waals surface area contributed by atoms with Crippen molar-refractivity contribution in [2.45, 2.75) is 19.5 Å². The number of aromatic nitrogens is 1. The highest BCUT2D eigenvalue weighted by molar-refractivity contribution is 7.09. The smallest absolute Gasteiger partial charge is 0.408 e.